The molecule has 4 rings (SSSR count). The fourth-order valence-corrected chi connectivity index (χ4v) is 4.05. The molecule has 1 amide bonds. The van der Waals surface area contributed by atoms with E-state index in [0.29, 0.717) is 40.8 Å². The standard InChI is InChI=1S/C24H25FN4O2/c1-13(2)16-9-19-22(20(31)10-16)24(28-18-6-4-5-17(25)12-18)23(29-19)15-7-8-26-21(11-15)27-14(3)30/h4-8,11-13,16,28-29H,9-10H2,1-3H3,(H,26,27,30). The summed E-state index contributed by atoms with van der Waals surface area (Å²) >= 11 is 0. The molecule has 1 aliphatic carbocycles. The first kappa shape index (κ1) is 20.8. The molecule has 0 bridgehead atoms. The van der Waals surface area contributed by atoms with Crippen LogP contribution in [0.1, 0.15) is 43.2 Å². The van der Waals surface area contributed by atoms with Crippen molar-refractivity contribution in [2.24, 2.45) is 11.8 Å². The first-order valence-corrected chi connectivity index (χ1v) is 10.4. The monoisotopic (exact) mass is 420 g/mol. The van der Waals surface area contributed by atoms with E-state index in [1.807, 2.05) is 6.07 Å². The van der Waals surface area contributed by atoms with Crippen LogP contribution in [0.15, 0.2) is 42.6 Å². The zero-order valence-corrected chi connectivity index (χ0v) is 17.8. The molecule has 1 atom stereocenters. The number of hydrogen-bond acceptors (Lipinski definition) is 4. The number of aromatic nitrogens is 2. The second-order valence-electron chi connectivity index (χ2n) is 8.31. The van der Waals surface area contributed by atoms with E-state index in [2.05, 4.69) is 34.4 Å². The minimum absolute atomic E-state index is 0.0671. The summed E-state index contributed by atoms with van der Waals surface area (Å²) in [5, 5.41) is 5.94. The van der Waals surface area contributed by atoms with Crippen LogP contribution in [0.4, 0.5) is 21.6 Å². The second-order valence-corrected chi connectivity index (χ2v) is 8.31. The number of nitrogens with one attached hydrogen (secondary N) is 3. The van der Waals surface area contributed by atoms with Crippen molar-refractivity contribution in [1.82, 2.24) is 9.97 Å². The van der Waals surface area contributed by atoms with Crippen LogP contribution in [-0.4, -0.2) is 21.7 Å². The van der Waals surface area contributed by atoms with Crippen molar-refractivity contribution in [3.8, 4) is 11.3 Å². The van der Waals surface area contributed by atoms with Crippen LogP contribution >= 0.6 is 0 Å². The van der Waals surface area contributed by atoms with Gasteiger partial charge < -0.3 is 15.6 Å². The first-order chi connectivity index (χ1) is 14.8. The molecule has 2 heterocycles. The smallest absolute Gasteiger partial charge is 0.222 e. The molecule has 160 valence electrons. The molecule has 2 aromatic heterocycles. The average molecular weight is 420 g/mol. The third-order valence-corrected chi connectivity index (χ3v) is 5.66. The number of carbonyl (C=O) groups is 2. The van der Waals surface area contributed by atoms with Crippen molar-refractivity contribution < 1.29 is 14.0 Å². The van der Waals surface area contributed by atoms with Gasteiger partial charge in [0.05, 0.1) is 16.9 Å². The Kier molecular flexibility index (Phi) is 5.59. The fraction of sp³-hybridized carbons (Fsp3) is 0.292. The van der Waals surface area contributed by atoms with Gasteiger partial charge in [-0.3, -0.25) is 9.59 Å². The highest BCUT2D eigenvalue weighted by molar-refractivity contribution is 6.07. The Morgan fingerprint density at radius 3 is 2.74 bits per heavy atom. The number of ketones is 1. The van der Waals surface area contributed by atoms with Crippen LogP contribution in [0, 0.1) is 17.7 Å². The normalized spacial score (nSPS) is 15.6. The molecule has 0 saturated heterocycles. The van der Waals surface area contributed by atoms with Crippen LogP contribution in [0.3, 0.4) is 0 Å². The Bertz CT molecular complexity index is 1150. The van der Waals surface area contributed by atoms with Crippen molar-refractivity contribution in [3.05, 3.63) is 59.7 Å². The lowest BCUT2D eigenvalue weighted by Crippen LogP contribution is -2.23. The third kappa shape index (κ3) is 4.35. The van der Waals surface area contributed by atoms with Gasteiger partial charge >= 0.3 is 0 Å². The summed E-state index contributed by atoms with van der Waals surface area (Å²) in [4.78, 5) is 32.2. The Balaban J connectivity index is 1.83. The average Bonchev–Trinajstić information content (AvgIpc) is 3.06. The number of benzene rings is 1. The first-order valence-electron chi connectivity index (χ1n) is 10.4. The second kappa shape index (κ2) is 8.34. The zero-order valence-electron chi connectivity index (χ0n) is 17.8. The number of Topliss-reactive ketones (excluding diaryl/α,β-unsaturated/α-hetero) is 1. The molecule has 1 aliphatic rings. The predicted octanol–water partition coefficient (Wildman–Crippen LogP) is 5.32. The van der Waals surface area contributed by atoms with Crippen LogP contribution in [0.2, 0.25) is 0 Å². The molecule has 0 radical (unpaired) electrons. The summed E-state index contributed by atoms with van der Waals surface area (Å²) in [6.45, 7) is 5.67. The molecule has 0 spiro atoms. The van der Waals surface area contributed by atoms with E-state index in [1.165, 1.54) is 19.1 Å². The number of aromatic amines is 1. The van der Waals surface area contributed by atoms with Gasteiger partial charge in [0.15, 0.2) is 5.78 Å². The van der Waals surface area contributed by atoms with E-state index in [0.717, 1.165) is 17.7 Å². The SMILES string of the molecule is CC(=O)Nc1cc(-c2[nH]c3c(c2Nc2cccc(F)c2)C(=O)CC(C(C)C)C3)ccn1. The van der Waals surface area contributed by atoms with E-state index in [-0.39, 0.29) is 23.4 Å². The van der Waals surface area contributed by atoms with Crippen molar-refractivity contribution in [2.75, 3.05) is 10.6 Å². The highest BCUT2D eigenvalue weighted by Gasteiger charge is 2.33. The van der Waals surface area contributed by atoms with Gasteiger partial charge in [-0.25, -0.2) is 9.37 Å². The van der Waals surface area contributed by atoms with Crippen molar-refractivity contribution in [3.63, 3.8) is 0 Å². The quantitative estimate of drug-likeness (QED) is 0.521. The molecule has 1 aromatic carbocycles. The largest absolute Gasteiger partial charge is 0.356 e. The highest BCUT2D eigenvalue weighted by Crippen LogP contribution is 2.41. The number of hydrogen-bond donors (Lipinski definition) is 3. The Morgan fingerprint density at radius 1 is 1.23 bits per heavy atom. The van der Waals surface area contributed by atoms with E-state index in [1.54, 1.807) is 24.4 Å². The molecule has 3 aromatic rings. The Hall–Kier alpha value is -3.48. The molecular formula is C24H25FN4O2. The van der Waals surface area contributed by atoms with Gasteiger partial charge in [0.1, 0.15) is 11.6 Å². The van der Waals surface area contributed by atoms with E-state index in [9.17, 15) is 14.0 Å². The maximum absolute atomic E-state index is 13.8. The van der Waals surface area contributed by atoms with Gasteiger partial charge in [-0.15, -0.1) is 0 Å². The number of fused-ring (bicyclic) bond motifs is 1. The summed E-state index contributed by atoms with van der Waals surface area (Å²) in [5.41, 5.74) is 4.14. The number of amides is 1. The van der Waals surface area contributed by atoms with E-state index >= 15 is 0 Å². The summed E-state index contributed by atoms with van der Waals surface area (Å²) in [5.74, 6) is 0.553. The topological polar surface area (TPSA) is 86.9 Å². The minimum atomic E-state index is -0.362. The van der Waals surface area contributed by atoms with Crippen molar-refractivity contribution in [2.45, 2.75) is 33.6 Å². The number of carbonyl (C=O) groups excluding carboxylic acids is 2. The summed E-state index contributed by atoms with van der Waals surface area (Å²) < 4.78 is 13.8. The van der Waals surface area contributed by atoms with Crippen molar-refractivity contribution in [1.29, 1.82) is 0 Å². The molecule has 0 saturated carbocycles. The minimum Gasteiger partial charge on any atom is -0.356 e. The molecule has 0 aliphatic heterocycles. The molecule has 6 nitrogen and oxygen atoms in total. The van der Waals surface area contributed by atoms with Crippen LogP contribution in [0.5, 0.6) is 0 Å². The van der Waals surface area contributed by atoms with Crippen LogP contribution in [0.25, 0.3) is 11.3 Å². The van der Waals surface area contributed by atoms with Gasteiger partial charge in [0, 0.05) is 36.5 Å². The lowest BCUT2D eigenvalue weighted by molar-refractivity contribution is -0.114. The van der Waals surface area contributed by atoms with Gasteiger partial charge in [-0.05, 0) is 48.6 Å². The lowest BCUT2D eigenvalue weighted by atomic mass is 9.80. The summed E-state index contributed by atoms with van der Waals surface area (Å²) in [6, 6.07) is 9.70. The van der Waals surface area contributed by atoms with E-state index < -0.39 is 0 Å². The zero-order chi connectivity index (χ0) is 22.1. The molecular weight excluding hydrogens is 395 g/mol. The summed E-state index contributed by atoms with van der Waals surface area (Å²) in [7, 11) is 0. The maximum atomic E-state index is 13.8. The number of nitrogens with zero attached hydrogens (tertiary/aromatic N) is 1. The van der Waals surface area contributed by atoms with Gasteiger partial charge in [0.25, 0.3) is 0 Å². The molecule has 1 unspecified atom stereocenters. The maximum Gasteiger partial charge on any atom is 0.222 e. The van der Waals surface area contributed by atoms with Crippen LogP contribution < -0.4 is 10.6 Å². The fourth-order valence-electron chi connectivity index (χ4n) is 4.05. The number of rotatable bonds is 5. The molecule has 7 heteroatoms. The van der Waals surface area contributed by atoms with Crippen molar-refractivity contribution >= 4 is 28.9 Å². The number of pyridine rings is 1. The van der Waals surface area contributed by atoms with Gasteiger partial charge in [-0.2, -0.15) is 0 Å². The number of anilines is 3. The van der Waals surface area contributed by atoms with E-state index in [4.69, 9.17) is 0 Å². The molecule has 3 N–H and O–H groups in total. The third-order valence-electron chi connectivity index (χ3n) is 5.66. The lowest BCUT2D eigenvalue weighted by Gasteiger charge is -2.25. The molecule has 0 fully saturated rings. The Labute approximate surface area is 180 Å². The molecule has 31 heavy (non-hydrogen) atoms. The highest BCUT2D eigenvalue weighted by atomic mass is 19.1. The Morgan fingerprint density at radius 2 is 2.03 bits per heavy atom. The van der Waals surface area contributed by atoms with Crippen LogP contribution in [-0.2, 0) is 11.2 Å². The predicted molar refractivity (Wildman–Crippen MR) is 119 cm³/mol. The number of H-pyrrole nitrogens is 1. The number of halogens is 1. The van der Waals surface area contributed by atoms with Gasteiger partial charge in [-0.1, -0.05) is 19.9 Å². The summed E-state index contributed by atoms with van der Waals surface area (Å²) in [6.07, 6.45) is 2.85. The van der Waals surface area contributed by atoms with Gasteiger partial charge in [0.2, 0.25) is 5.91 Å².